The van der Waals surface area contributed by atoms with Gasteiger partial charge in [-0.05, 0) is 24.5 Å². The zero-order valence-electron chi connectivity index (χ0n) is 10.1. The van der Waals surface area contributed by atoms with E-state index in [1.165, 1.54) is 0 Å². The van der Waals surface area contributed by atoms with Crippen LogP contribution in [0.3, 0.4) is 0 Å². The van der Waals surface area contributed by atoms with E-state index in [4.69, 9.17) is 10.5 Å². The Hall–Kier alpha value is -1.55. The molecule has 1 aliphatic rings. The van der Waals surface area contributed by atoms with Crippen molar-refractivity contribution < 1.29 is 9.53 Å². The smallest absolute Gasteiger partial charge is 0.239 e. The van der Waals surface area contributed by atoms with Crippen molar-refractivity contribution in [2.75, 3.05) is 20.2 Å². The van der Waals surface area contributed by atoms with Crippen LogP contribution in [0.25, 0.3) is 0 Å². The van der Waals surface area contributed by atoms with Crippen LogP contribution in [0.1, 0.15) is 12.0 Å². The fourth-order valence-electron chi connectivity index (χ4n) is 2.15. The first-order valence-electron chi connectivity index (χ1n) is 5.88. The first kappa shape index (κ1) is 11.9. The van der Waals surface area contributed by atoms with Gasteiger partial charge in [0.2, 0.25) is 5.91 Å². The first-order chi connectivity index (χ1) is 8.22. The molecule has 4 heteroatoms. The summed E-state index contributed by atoms with van der Waals surface area (Å²) >= 11 is 0. The Morgan fingerprint density at radius 3 is 2.88 bits per heavy atom. The molecule has 17 heavy (non-hydrogen) atoms. The molecule has 4 nitrogen and oxygen atoms in total. The van der Waals surface area contributed by atoms with Crippen LogP contribution in [0.2, 0.25) is 0 Å². The minimum atomic E-state index is -0.298. The van der Waals surface area contributed by atoms with E-state index < -0.39 is 0 Å². The van der Waals surface area contributed by atoms with Gasteiger partial charge < -0.3 is 15.4 Å². The number of carbonyl (C=O) groups is 1. The number of likely N-dealkylation sites (tertiary alicyclic amines) is 1. The summed E-state index contributed by atoms with van der Waals surface area (Å²) in [4.78, 5) is 13.5. The lowest BCUT2D eigenvalue weighted by Gasteiger charge is -2.16. The average Bonchev–Trinajstić information content (AvgIpc) is 2.68. The molecule has 0 radical (unpaired) electrons. The summed E-state index contributed by atoms with van der Waals surface area (Å²) < 4.78 is 5.28. The Morgan fingerprint density at radius 2 is 2.24 bits per heavy atom. The molecule has 0 bridgehead atoms. The molecule has 1 heterocycles. The average molecular weight is 234 g/mol. The maximum absolute atomic E-state index is 11.7. The van der Waals surface area contributed by atoms with E-state index in [-0.39, 0.29) is 11.9 Å². The maximum atomic E-state index is 11.7. The highest BCUT2D eigenvalue weighted by atomic mass is 16.5. The summed E-state index contributed by atoms with van der Waals surface area (Å²) in [5, 5.41) is 0. The lowest BCUT2D eigenvalue weighted by molar-refractivity contribution is -0.128. The van der Waals surface area contributed by atoms with Gasteiger partial charge >= 0.3 is 0 Å². The second-order valence-electron chi connectivity index (χ2n) is 4.28. The minimum absolute atomic E-state index is 0.0693. The Labute approximate surface area is 101 Å². The van der Waals surface area contributed by atoms with E-state index in [1.54, 1.807) is 7.11 Å². The summed E-state index contributed by atoms with van der Waals surface area (Å²) in [7, 11) is 1.66. The van der Waals surface area contributed by atoms with Crippen LogP contribution in [0.4, 0.5) is 0 Å². The number of nitrogens with zero attached hydrogens (tertiary/aromatic N) is 1. The largest absolute Gasteiger partial charge is 0.496 e. The Bertz CT molecular complexity index is 406. The van der Waals surface area contributed by atoms with Gasteiger partial charge in [-0.3, -0.25) is 4.79 Å². The molecule has 1 saturated heterocycles. The molecule has 0 aliphatic carbocycles. The molecule has 1 aromatic rings. The van der Waals surface area contributed by atoms with Crippen molar-refractivity contribution in [2.45, 2.75) is 18.9 Å². The first-order valence-corrected chi connectivity index (χ1v) is 5.88. The van der Waals surface area contributed by atoms with E-state index in [1.807, 2.05) is 29.2 Å². The van der Waals surface area contributed by atoms with Crippen molar-refractivity contribution in [3.63, 3.8) is 0 Å². The van der Waals surface area contributed by atoms with E-state index in [0.29, 0.717) is 6.54 Å². The van der Waals surface area contributed by atoms with Crippen molar-refractivity contribution in [3.8, 4) is 5.75 Å². The van der Waals surface area contributed by atoms with Gasteiger partial charge in [0.05, 0.1) is 13.2 Å². The fourth-order valence-corrected chi connectivity index (χ4v) is 2.15. The third-order valence-corrected chi connectivity index (χ3v) is 3.18. The zero-order valence-corrected chi connectivity index (χ0v) is 10.1. The molecule has 1 aliphatic heterocycles. The second-order valence-corrected chi connectivity index (χ2v) is 4.28. The third kappa shape index (κ3) is 2.58. The third-order valence-electron chi connectivity index (χ3n) is 3.18. The van der Waals surface area contributed by atoms with E-state index in [2.05, 4.69) is 0 Å². The number of rotatable bonds is 4. The molecule has 0 spiro atoms. The Kier molecular flexibility index (Phi) is 3.64. The minimum Gasteiger partial charge on any atom is -0.496 e. The highest BCUT2D eigenvalue weighted by Crippen LogP contribution is 2.19. The number of hydrogen-bond donors (Lipinski definition) is 1. The lowest BCUT2D eigenvalue weighted by Crippen LogP contribution is -2.35. The van der Waals surface area contributed by atoms with E-state index in [9.17, 15) is 4.79 Å². The molecule has 1 aromatic carbocycles. The summed E-state index contributed by atoms with van der Waals surface area (Å²) in [6.07, 6.45) is 1.58. The van der Waals surface area contributed by atoms with Crippen LogP contribution >= 0.6 is 0 Å². The molecule has 2 N–H and O–H groups in total. The maximum Gasteiger partial charge on any atom is 0.239 e. The molecule has 1 amide bonds. The number of hydrogen-bond acceptors (Lipinski definition) is 3. The highest BCUT2D eigenvalue weighted by Gasteiger charge is 2.27. The van der Waals surface area contributed by atoms with Crippen LogP contribution in [0, 0.1) is 0 Å². The van der Waals surface area contributed by atoms with Crippen LogP contribution < -0.4 is 10.5 Å². The number of amides is 1. The van der Waals surface area contributed by atoms with Crippen LogP contribution in [0.15, 0.2) is 24.3 Å². The molecular formula is C13H18N2O2. The summed E-state index contributed by atoms with van der Waals surface area (Å²) in [6, 6.07) is 7.59. The van der Waals surface area contributed by atoms with Crippen LogP contribution in [-0.2, 0) is 11.2 Å². The van der Waals surface area contributed by atoms with Crippen LogP contribution in [0.5, 0.6) is 5.75 Å². The zero-order chi connectivity index (χ0) is 12.3. The predicted octanol–water partition coefficient (Wildman–Crippen LogP) is 0.797. The molecule has 1 fully saturated rings. The van der Waals surface area contributed by atoms with Crippen molar-refractivity contribution in [3.05, 3.63) is 29.8 Å². The Morgan fingerprint density at radius 1 is 1.47 bits per heavy atom. The van der Waals surface area contributed by atoms with Gasteiger partial charge in [-0.25, -0.2) is 0 Å². The SMILES string of the molecule is COc1ccccc1CCN1CCC(N)C1=O. The quantitative estimate of drug-likeness (QED) is 0.838. The summed E-state index contributed by atoms with van der Waals surface area (Å²) in [6.45, 7) is 1.49. The lowest BCUT2D eigenvalue weighted by atomic mass is 10.1. The monoisotopic (exact) mass is 234 g/mol. The molecule has 2 rings (SSSR count). The number of methoxy groups -OCH3 is 1. The second kappa shape index (κ2) is 5.19. The van der Waals surface area contributed by atoms with Gasteiger partial charge in [0.25, 0.3) is 0 Å². The normalized spacial score (nSPS) is 19.8. The van der Waals surface area contributed by atoms with Gasteiger partial charge in [-0.1, -0.05) is 18.2 Å². The summed E-state index contributed by atoms with van der Waals surface area (Å²) in [5.74, 6) is 0.948. The standard InChI is InChI=1S/C13H18N2O2/c1-17-12-5-3-2-4-10(12)6-8-15-9-7-11(14)13(15)16/h2-5,11H,6-9,14H2,1H3. The van der Waals surface area contributed by atoms with Crippen molar-refractivity contribution >= 4 is 5.91 Å². The fraction of sp³-hybridized carbons (Fsp3) is 0.462. The molecular weight excluding hydrogens is 216 g/mol. The molecule has 1 unspecified atom stereocenters. The number of ether oxygens (including phenoxy) is 1. The number of carbonyl (C=O) groups excluding carboxylic acids is 1. The molecule has 0 saturated carbocycles. The molecule has 1 atom stereocenters. The van der Waals surface area contributed by atoms with Crippen LogP contribution in [-0.4, -0.2) is 37.0 Å². The number of para-hydroxylation sites is 1. The summed E-state index contributed by atoms with van der Waals surface area (Å²) in [5.41, 5.74) is 6.81. The van der Waals surface area contributed by atoms with E-state index in [0.717, 1.165) is 30.7 Å². The highest BCUT2D eigenvalue weighted by molar-refractivity contribution is 5.83. The topological polar surface area (TPSA) is 55.6 Å². The van der Waals surface area contributed by atoms with Gasteiger partial charge in [-0.15, -0.1) is 0 Å². The van der Waals surface area contributed by atoms with Crippen molar-refractivity contribution in [1.29, 1.82) is 0 Å². The van der Waals surface area contributed by atoms with Crippen molar-refractivity contribution in [2.24, 2.45) is 5.73 Å². The molecule has 92 valence electrons. The number of nitrogens with two attached hydrogens (primary N) is 1. The van der Waals surface area contributed by atoms with Gasteiger partial charge in [0.1, 0.15) is 5.75 Å². The molecule has 0 aromatic heterocycles. The number of benzene rings is 1. The van der Waals surface area contributed by atoms with Gasteiger partial charge in [0, 0.05) is 13.1 Å². The van der Waals surface area contributed by atoms with E-state index >= 15 is 0 Å². The Balaban J connectivity index is 1.96. The predicted molar refractivity (Wildman–Crippen MR) is 65.9 cm³/mol. The van der Waals surface area contributed by atoms with Crippen molar-refractivity contribution in [1.82, 2.24) is 4.90 Å². The van der Waals surface area contributed by atoms with Gasteiger partial charge in [-0.2, -0.15) is 0 Å². The van der Waals surface area contributed by atoms with Gasteiger partial charge in [0.15, 0.2) is 0 Å².